The molecule has 2 rings (SSSR count). The van der Waals surface area contributed by atoms with Crippen LogP contribution in [0.1, 0.15) is 36.8 Å². The quantitative estimate of drug-likeness (QED) is 0.858. The maximum absolute atomic E-state index is 13.0. The Bertz CT molecular complexity index is 632. The fourth-order valence-electron chi connectivity index (χ4n) is 2.98. The molecule has 1 fully saturated rings. The van der Waals surface area contributed by atoms with Crippen molar-refractivity contribution in [2.75, 3.05) is 6.26 Å². The lowest BCUT2D eigenvalue weighted by Gasteiger charge is -2.32. The first-order valence-corrected chi connectivity index (χ1v) is 9.42. The van der Waals surface area contributed by atoms with E-state index in [1.54, 1.807) is 6.07 Å². The third kappa shape index (κ3) is 5.47. The van der Waals surface area contributed by atoms with Gasteiger partial charge >= 0.3 is 6.18 Å². The van der Waals surface area contributed by atoms with E-state index in [1.165, 1.54) is 12.1 Å². The van der Waals surface area contributed by atoms with Gasteiger partial charge in [-0.25, -0.2) is 13.1 Å². The first kappa shape index (κ1) is 18.2. The van der Waals surface area contributed by atoms with Crippen molar-refractivity contribution in [1.29, 1.82) is 0 Å². The molecular weight excluding hydrogens is 329 g/mol. The van der Waals surface area contributed by atoms with Crippen molar-refractivity contribution in [2.24, 2.45) is 0 Å². The minimum absolute atomic E-state index is 0.0578. The normalized spacial score (nSPS) is 23.0. The largest absolute Gasteiger partial charge is 0.416 e. The minimum atomic E-state index is -4.39. The smallest absolute Gasteiger partial charge is 0.308 e. The van der Waals surface area contributed by atoms with Crippen LogP contribution < -0.4 is 10.0 Å². The van der Waals surface area contributed by atoms with Crippen LogP contribution in [0.25, 0.3) is 0 Å². The second-order valence-electron chi connectivity index (χ2n) is 5.92. The van der Waals surface area contributed by atoms with Crippen molar-refractivity contribution in [3.63, 3.8) is 0 Å². The SMILES string of the molecule is CS(=O)(=O)NC1CCCCC1NCc1ccccc1C(F)(F)F. The summed E-state index contributed by atoms with van der Waals surface area (Å²) in [6, 6.07) is 4.98. The Morgan fingerprint density at radius 2 is 1.74 bits per heavy atom. The van der Waals surface area contributed by atoms with Gasteiger partial charge in [0.2, 0.25) is 10.0 Å². The Morgan fingerprint density at radius 1 is 1.13 bits per heavy atom. The van der Waals surface area contributed by atoms with Gasteiger partial charge in [-0.3, -0.25) is 0 Å². The predicted molar refractivity (Wildman–Crippen MR) is 82.3 cm³/mol. The first-order chi connectivity index (χ1) is 10.7. The van der Waals surface area contributed by atoms with E-state index in [9.17, 15) is 21.6 Å². The molecule has 1 saturated carbocycles. The Kier molecular flexibility index (Phi) is 5.70. The average Bonchev–Trinajstić information content (AvgIpc) is 2.44. The molecule has 2 unspecified atom stereocenters. The van der Waals surface area contributed by atoms with Crippen molar-refractivity contribution in [3.8, 4) is 0 Å². The lowest BCUT2D eigenvalue weighted by Crippen LogP contribution is -2.51. The highest BCUT2D eigenvalue weighted by atomic mass is 32.2. The Hall–Kier alpha value is -1.12. The van der Waals surface area contributed by atoms with Crippen LogP contribution in [0, 0.1) is 0 Å². The summed E-state index contributed by atoms with van der Waals surface area (Å²) < 4.78 is 64.4. The van der Waals surface area contributed by atoms with Crippen LogP contribution in [-0.4, -0.2) is 26.8 Å². The van der Waals surface area contributed by atoms with Gasteiger partial charge in [0.1, 0.15) is 0 Å². The van der Waals surface area contributed by atoms with Crippen LogP contribution in [0.5, 0.6) is 0 Å². The highest BCUT2D eigenvalue weighted by Gasteiger charge is 2.33. The van der Waals surface area contributed by atoms with E-state index >= 15 is 0 Å². The van der Waals surface area contributed by atoms with Gasteiger partial charge in [0.05, 0.1) is 11.8 Å². The summed E-state index contributed by atoms with van der Waals surface area (Å²) in [6.07, 6.45) is -0.0368. The maximum Gasteiger partial charge on any atom is 0.416 e. The molecule has 1 aliphatic carbocycles. The molecule has 2 atom stereocenters. The molecule has 0 amide bonds. The number of hydrogen-bond donors (Lipinski definition) is 2. The number of benzene rings is 1. The van der Waals surface area contributed by atoms with Crippen LogP contribution >= 0.6 is 0 Å². The van der Waals surface area contributed by atoms with Gasteiger partial charge < -0.3 is 5.32 Å². The van der Waals surface area contributed by atoms with E-state index in [2.05, 4.69) is 10.0 Å². The molecule has 1 aliphatic rings. The third-order valence-electron chi connectivity index (χ3n) is 4.01. The van der Waals surface area contributed by atoms with E-state index in [0.717, 1.165) is 31.6 Å². The minimum Gasteiger partial charge on any atom is -0.308 e. The van der Waals surface area contributed by atoms with E-state index in [1.807, 2.05) is 0 Å². The molecule has 0 spiro atoms. The molecule has 0 aliphatic heterocycles. The molecule has 8 heteroatoms. The monoisotopic (exact) mass is 350 g/mol. The number of rotatable bonds is 5. The van der Waals surface area contributed by atoms with Gasteiger partial charge in [-0.05, 0) is 24.5 Å². The van der Waals surface area contributed by atoms with Crippen LogP contribution in [0.3, 0.4) is 0 Å². The summed E-state index contributed by atoms with van der Waals surface area (Å²) in [6.45, 7) is 0.0578. The average molecular weight is 350 g/mol. The highest BCUT2D eigenvalue weighted by Crippen LogP contribution is 2.32. The van der Waals surface area contributed by atoms with Gasteiger partial charge in [-0.2, -0.15) is 13.2 Å². The molecule has 23 heavy (non-hydrogen) atoms. The summed E-state index contributed by atoms with van der Waals surface area (Å²) in [5.41, 5.74) is -0.486. The molecule has 0 bridgehead atoms. The Balaban J connectivity index is 2.07. The van der Waals surface area contributed by atoms with Crippen molar-refractivity contribution < 1.29 is 21.6 Å². The lowest BCUT2D eigenvalue weighted by atomic mass is 9.90. The summed E-state index contributed by atoms with van der Waals surface area (Å²) in [4.78, 5) is 0. The fraction of sp³-hybridized carbons (Fsp3) is 0.600. The number of nitrogens with one attached hydrogen (secondary N) is 2. The van der Waals surface area contributed by atoms with E-state index in [0.29, 0.717) is 6.42 Å². The first-order valence-electron chi connectivity index (χ1n) is 7.52. The van der Waals surface area contributed by atoms with Gasteiger partial charge in [0, 0.05) is 18.6 Å². The molecule has 0 radical (unpaired) electrons. The molecule has 0 saturated heterocycles. The molecule has 130 valence electrons. The lowest BCUT2D eigenvalue weighted by molar-refractivity contribution is -0.138. The molecule has 0 heterocycles. The topological polar surface area (TPSA) is 58.2 Å². The second-order valence-corrected chi connectivity index (χ2v) is 7.70. The van der Waals surface area contributed by atoms with Gasteiger partial charge in [-0.1, -0.05) is 31.0 Å². The zero-order chi connectivity index (χ0) is 17.1. The Morgan fingerprint density at radius 3 is 2.35 bits per heavy atom. The van der Waals surface area contributed by atoms with Crippen LogP contribution in [0.4, 0.5) is 13.2 Å². The Labute approximate surface area is 134 Å². The molecule has 1 aromatic carbocycles. The molecule has 0 aromatic heterocycles. The van der Waals surface area contributed by atoms with E-state index in [-0.39, 0.29) is 24.2 Å². The zero-order valence-corrected chi connectivity index (χ0v) is 13.7. The molecular formula is C15H21F3N2O2S. The predicted octanol–water partition coefficient (Wildman–Crippen LogP) is 2.66. The standard InChI is InChI=1S/C15H21F3N2O2S/c1-23(21,22)20-14-9-5-4-8-13(14)19-10-11-6-2-3-7-12(11)15(16,17)18/h2-3,6-7,13-14,19-20H,4-5,8-10H2,1H3. The van der Waals surface area contributed by atoms with Gasteiger partial charge in [-0.15, -0.1) is 0 Å². The maximum atomic E-state index is 13.0. The number of halogens is 3. The summed E-state index contributed by atoms with van der Waals surface area (Å²) in [7, 11) is -3.34. The van der Waals surface area contributed by atoms with Gasteiger partial charge in [0.15, 0.2) is 0 Å². The van der Waals surface area contributed by atoms with Crippen molar-refractivity contribution in [1.82, 2.24) is 10.0 Å². The molecule has 2 N–H and O–H groups in total. The summed E-state index contributed by atoms with van der Waals surface area (Å²) >= 11 is 0. The van der Waals surface area contributed by atoms with E-state index in [4.69, 9.17) is 0 Å². The van der Waals surface area contributed by atoms with Crippen molar-refractivity contribution in [2.45, 2.75) is 50.5 Å². The summed E-state index contributed by atoms with van der Waals surface area (Å²) in [5, 5.41) is 3.10. The van der Waals surface area contributed by atoms with Gasteiger partial charge in [0.25, 0.3) is 0 Å². The van der Waals surface area contributed by atoms with Crippen LogP contribution in [-0.2, 0) is 22.7 Å². The number of alkyl halides is 3. The number of sulfonamides is 1. The highest BCUT2D eigenvalue weighted by molar-refractivity contribution is 7.88. The molecule has 4 nitrogen and oxygen atoms in total. The zero-order valence-electron chi connectivity index (χ0n) is 12.9. The van der Waals surface area contributed by atoms with E-state index < -0.39 is 21.8 Å². The fourth-order valence-corrected chi connectivity index (χ4v) is 3.82. The van der Waals surface area contributed by atoms with Crippen LogP contribution in [0.2, 0.25) is 0 Å². The van der Waals surface area contributed by atoms with Crippen molar-refractivity contribution in [3.05, 3.63) is 35.4 Å². The van der Waals surface area contributed by atoms with Crippen LogP contribution in [0.15, 0.2) is 24.3 Å². The van der Waals surface area contributed by atoms with Crippen molar-refractivity contribution >= 4 is 10.0 Å². The molecule has 1 aromatic rings. The second kappa shape index (κ2) is 7.19. The number of hydrogen-bond acceptors (Lipinski definition) is 3. The summed E-state index contributed by atoms with van der Waals surface area (Å²) in [5.74, 6) is 0. The third-order valence-corrected chi connectivity index (χ3v) is 4.74.